The molecule has 4 bridgehead atoms. The maximum Gasteiger partial charge on any atom is 0.266 e. The summed E-state index contributed by atoms with van der Waals surface area (Å²) in [5.74, 6) is 2.40. The topological polar surface area (TPSA) is 128 Å². The normalized spacial score (nSPS) is 19.7. The molecule has 1 saturated heterocycles. The zero-order valence-electron chi connectivity index (χ0n) is 24.9. The molecule has 1 N–H and O–H groups in total. The smallest absolute Gasteiger partial charge is 0.266 e. The van der Waals surface area contributed by atoms with Gasteiger partial charge in [-0.25, -0.2) is 0 Å². The molecule has 2 aliphatic rings. The first-order valence-corrected chi connectivity index (χ1v) is 14.6. The summed E-state index contributed by atoms with van der Waals surface area (Å²) in [5.41, 5.74) is 1.83. The standard InChI is InChI=1S/C31H39N5O7/c1-4-6-29-33-31(34-43-29)36-17-24-27(18-36)41-20-22-7-5-8-23(15-22)42-26-16-21(9-11-25(26)40-3)10-12-30(38)35(13-14-39-2)19-28(37)32-24/h5,7-9,11,15-16,24,27H,4,6,10,12-14,17-20H2,1-3H3,(H,32,37)/t24-,27-/m0/s1. The van der Waals surface area contributed by atoms with E-state index in [0.29, 0.717) is 74.8 Å². The minimum Gasteiger partial charge on any atom is -0.493 e. The van der Waals surface area contributed by atoms with Gasteiger partial charge in [0.1, 0.15) is 5.75 Å². The van der Waals surface area contributed by atoms with Crippen LogP contribution in [0.3, 0.4) is 0 Å². The minimum absolute atomic E-state index is 0.0900. The Labute approximate surface area is 251 Å². The van der Waals surface area contributed by atoms with Crippen molar-refractivity contribution in [2.24, 2.45) is 0 Å². The van der Waals surface area contributed by atoms with Gasteiger partial charge in [-0.2, -0.15) is 4.98 Å². The van der Waals surface area contributed by atoms with E-state index in [1.54, 1.807) is 14.2 Å². The van der Waals surface area contributed by atoms with Crippen LogP contribution >= 0.6 is 0 Å². The summed E-state index contributed by atoms with van der Waals surface area (Å²) in [7, 11) is 3.16. The van der Waals surface area contributed by atoms with Crippen molar-refractivity contribution in [3.05, 3.63) is 59.5 Å². The molecule has 12 heteroatoms. The van der Waals surface area contributed by atoms with Crippen molar-refractivity contribution in [1.82, 2.24) is 20.4 Å². The quantitative estimate of drug-likeness (QED) is 0.436. The zero-order valence-corrected chi connectivity index (χ0v) is 24.9. The number of fused-ring (bicyclic) bond motifs is 5. The maximum atomic E-state index is 13.3. The van der Waals surface area contributed by atoms with Gasteiger partial charge in [-0.05, 0) is 53.4 Å². The Morgan fingerprint density at radius 2 is 1.95 bits per heavy atom. The lowest BCUT2D eigenvalue weighted by Gasteiger charge is -2.25. The molecular weight excluding hydrogens is 554 g/mol. The molecule has 1 fully saturated rings. The van der Waals surface area contributed by atoms with Crippen molar-refractivity contribution in [2.45, 2.75) is 51.4 Å². The molecule has 2 aromatic carbocycles. The minimum atomic E-state index is -0.361. The van der Waals surface area contributed by atoms with Crippen LogP contribution in [-0.4, -0.2) is 86.0 Å². The summed E-state index contributed by atoms with van der Waals surface area (Å²) in [5, 5.41) is 7.25. The number of aromatic nitrogens is 2. The highest BCUT2D eigenvalue weighted by atomic mass is 16.5. The van der Waals surface area contributed by atoms with E-state index in [0.717, 1.165) is 17.5 Å². The zero-order chi connectivity index (χ0) is 30.2. The summed E-state index contributed by atoms with van der Waals surface area (Å²) in [6.07, 6.45) is 1.92. The molecule has 5 rings (SSSR count). The summed E-state index contributed by atoms with van der Waals surface area (Å²) in [6, 6.07) is 12.9. The van der Waals surface area contributed by atoms with Gasteiger partial charge in [-0.15, -0.1) is 0 Å². The fraction of sp³-hybridized carbons (Fsp3) is 0.484. The number of methoxy groups -OCH3 is 2. The van der Waals surface area contributed by atoms with Crippen LogP contribution < -0.4 is 19.7 Å². The molecule has 0 radical (unpaired) electrons. The van der Waals surface area contributed by atoms with E-state index in [2.05, 4.69) is 15.5 Å². The van der Waals surface area contributed by atoms with E-state index in [4.69, 9.17) is 23.5 Å². The molecule has 2 aliphatic heterocycles. The molecule has 0 spiro atoms. The number of hydrogen-bond donors (Lipinski definition) is 1. The van der Waals surface area contributed by atoms with E-state index in [9.17, 15) is 9.59 Å². The maximum absolute atomic E-state index is 13.3. The first kappa shape index (κ1) is 30.3. The second kappa shape index (κ2) is 14.3. The third kappa shape index (κ3) is 7.82. The molecule has 0 saturated carbocycles. The number of carbonyl (C=O) groups excluding carboxylic acids is 2. The fourth-order valence-corrected chi connectivity index (χ4v) is 5.25. The first-order valence-electron chi connectivity index (χ1n) is 14.6. The van der Waals surface area contributed by atoms with Crippen LogP contribution in [0.1, 0.15) is 36.8 Å². The van der Waals surface area contributed by atoms with Crippen LogP contribution in [0.5, 0.6) is 17.2 Å². The molecule has 230 valence electrons. The van der Waals surface area contributed by atoms with Crippen molar-refractivity contribution in [1.29, 1.82) is 0 Å². The predicted molar refractivity (Wildman–Crippen MR) is 157 cm³/mol. The molecule has 0 unspecified atom stereocenters. The number of anilines is 1. The number of rotatable bonds is 7. The molecule has 1 aromatic heterocycles. The Kier molecular flexibility index (Phi) is 10.1. The van der Waals surface area contributed by atoms with Crippen molar-refractivity contribution in [2.75, 3.05) is 51.9 Å². The third-order valence-corrected chi connectivity index (χ3v) is 7.52. The van der Waals surface area contributed by atoms with Crippen molar-refractivity contribution in [3.8, 4) is 17.2 Å². The monoisotopic (exact) mass is 593 g/mol. The Bertz CT molecular complexity index is 1400. The molecular formula is C31H39N5O7. The van der Waals surface area contributed by atoms with Gasteiger partial charge >= 0.3 is 0 Å². The van der Waals surface area contributed by atoms with Crippen LogP contribution in [0.15, 0.2) is 47.0 Å². The predicted octanol–water partition coefficient (Wildman–Crippen LogP) is 3.13. The Hall–Kier alpha value is -4.16. The molecule has 3 aromatic rings. The number of carbonyl (C=O) groups is 2. The Morgan fingerprint density at radius 3 is 2.77 bits per heavy atom. The molecule has 12 nitrogen and oxygen atoms in total. The number of ether oxygens (including phenoxy) is 4. The SMILES string of the molecule is CCCc1nc(N2C[C@@H]3NC(=O)CN(CCOC)C(=O)CCc4ccc(OC)c(c4)Oc4cccc(c4)CO[C@H]3C2)no1. The van der Waals surface area contributed by atoms with E-state index in [1.807, 2.05) is 54.3 Å². The molecule has 2 atom stereocenters. The van der Waals surface area contributed by atoms with Crippen molar-refractivity contribution < 1.29 is 33.1 Å². The highest BCUT2D eigenvalue weighted by Crippen LogP contribution is 2.33. The number of nitrogens with one attached hydrogen (secondary N) is 1. The second-order valence-corrected chi connectivity index (χ2v) is 10.7. The Balaban J connectivity index is 1.42. The number of aryl methyl sites for hydroxylation is 2. The summed E-state index contributed by atoms with van der Waals surface area (Å²) < 4.78 is 28.8. The summed E-state index contributed by atoms with van der Waals surface area (Å²) in [6.45, 7) is 3.77. The first-order chi connectivity index (χ1) is 20.9. The van der Waals surface area contributed by atoms with Gasteiger partial charge < -0.3 is 38.6 Å². The molecule has 3 heterocycles. The lowest BCUT2D eigenvalue weighted by atomic mass is 10.1. The third-order valence-electron chi connectivity index (χ3n) is 7.52. The van der Waals surface area contributed by atoms with Gasteiger partial charge in [0, 0.05) is 39.6 Å². The van der Waals surface area contributed by atoms with Gasteiger partial charge in [0.2, 0.25) is 17.7 Å². The molecule has 43 heavy (non-hydrogen) atoms. The highest BCUT2D eigenvalue weighted by molar-refractivity contribution is 5.85. The van der Waals surface area contributed by atoms with Gasteiger partial charge in [0.15, 0.2) is 11.5 Å². The number of nitrogens with zero attached hydrogens (tertiary/aromatic N) is 4. The van der Waals surface area contributed by atoms with Gasteiger partial charge in [-0.3, -0.25) is 9.59 Å². The average Bonchev–Trinajstić information content (AvgIpc) is 3.64. The summed E-state index contributed by atoms with van der Waals surface area (Å²) in [4.78, 5) is 34.6. The van der Waals surface area contributed by atoms with E-state index < -0.39 is 0 Å². The number of benzene rings is 2. The van der Waals surface area contributed by atoms with Crippen LogP contribution in [-0.2, 0) is 38.5 Å². The lowest BCUT2D eigenvalue weighted by molar-refractivity contribution is -0.137. The van der Waals surface area contributed by atoms with Crippen molar-refractivity contribution in [3.63, 3.8) is 0 Å². The van der Waals surface area contributed by atoms with Crippen LogP contribution in [0, 0.1) is 0 Å². The average molecular weight is 594 g/mol. The van der Waals surface area contributed by atoms with Crippen LogP contribution in [0.2, 0.25) is 0 Å². The van der Waals surface area contributed by atoms with Gasteiger partial charge in [0.05, 0.1) is 39.0 Å². The second-order valence-electron chi connectivity index (χ2n) is 10.7. The van der Waals surface area contributed by atoms with Gasteiger partial charge in [0.25, 0.3) is 5.95 Å². The van der Waals surface area contributed by atoms with Crippen LogP contribution in [0.25, 0.3) is 0 Å². The van der Waals surface area contributed by atoms with E-state index >= 15 is 0 Å². The number of amides is 2. The molecule has 0 aliphatic carbocycles. The Morgan fingerprint density at radius 1 is 1.07 bits per heavy atom. The van der Waals surface area contributed by atoms with E-state index in [1.165, 1.54) is 4.90 Å². The van der Waals surface area contributed by atoms with Gasteiger partial charge in [-0.1, -0.05) is 25.1 Å². The summed E-state index contributed by atoms with van der Waals surface area (Å²) >= 11 is 0. The van der Waals surface area contributed by atoms with E-state index in [-0.39, 0.29) is 36.9 Å². The fourth-order valence-electron chi connectivity index (χ4n) is 5.25. The van der Waals surface area contributed by atoms with Crippen molar-refractivity contribution >= 4 is 17.8 Å². The lowest BCUT2D eigenvalue weighted by Crippen LogP contribution is -2.49. The largest absolute Gasteiger partial charge is 0.493 e. The van der Waals surface area contributed by atoms with Crippen LogP contribution in [0.4, 0.5) is 5.95 Å². The highest BCUT2D eigenvalue weighted by Gasteiger charge is 2.37. The molecule has 2 amide bonds. The number of hydrogen-bond acceptors (Lipinski definition) is 10.